The molecule has 0 aromatic carbocycles. The molecule has 126 valence electrons. The predicted octanol–water partition coefficient (Wildman–Crippen LogP) is -0.571. The lowest BCUT2D eigenvalue weighted by Crippen LogP contribution is -2.11. The van der Waals surface area contributed by atoms with Crippen LogP contribution in [-0.2, 0) is 32.1 Å². The summed E-state index contributed by atoms with van der Waals surface area (Å²) in [6.07, 6.45) is 6.29. The molecule has 0 unspecified atom stereocenters. The molecule has 0 fully saturated rings. The van der Waals surface area contributed by atoms with Crippen molar-refractivity contribution in [1.29, 1.82) is 0 Å². The Morgan fingerprint density at radius 3 is 1.91 bits per heavy atom. The van der Waals surface area contributed by atoms with Crippen molar-refractivity contribution in [3.05, 3.63) is 29.6 Å². The van der Waals surface area contributed by atoms with Crippen molar-refractivity contribution in [2.45, 2.75) is 19.4 Å². The number of carbonyl (C=O) groups is 4. The van der Waals surface area contributed by atoms with E-state index in [1.165, 1.54) is 24.0 Å². The Morgan fingerprint density at radius 1 is 0.913 bits per heavy atom. The molecule has 0 bridgehead atoms. The Bertz CT molecular complexity index is 500. The molecule has 23 heavy (non-hydrogen) atoms. The van der Waals surface area contributed by atoms with Crippen LogP contribution in [0.15, 0.2) is 18.5 Å². The number of rotatable bonds is 0. The minimum absolute atomic E-state index is 0.989. The van der Waals surface area contributed by atoms with Crippen LogP contribution >= 0.6 is 0 Å². The monoisotopic (exact) mass is 328 g/mol. The Hall–Kier alpha value is -3.01. The van der Waals surface area contributed by atoms with Crippen molar-refractivity contribution in [2.24, 2.45) is 0 Å². The maximum atomic E-state index is 9.10. The minimum Gasteiger partial charge on any atom is -0.473 e. The summed E-state index contributed by atoms with van der Waals surface area (Å²) in [5.74, 6) is -7.30. The minimum atomic E-state index is -1.82. The lowest BCUT2D eigenvalue weighted by molar-refractivity contribution is -0.159. The van der Waals surface area contributed by atoms with E-state index in [-0.39, 0.29) is 0 Å². The van der Waals surface area contributed by atoms with E-state index in [1.54, 1.807) is 0 Å². The van der Waals surface area contributed by atoms with E-state index in [4.69, 9.17) is 39.6 Å². The van der Waals surface area contributed by atoms with Crippen molar-refractivity contribution in [1.82, 2.24) is 10.3 Å². The number of carboxylic acid groups (broad SMARTS) is 4. The van der Waals surface area contributed by atoms with Gasteiger partial charge in [-0.1, -0.05) is 0 Å². The van der Waals surface area contributed by atoms with Gasteiger partial charge in [-0.25, -0.2) is 19.2 Å². The van der Waals surface area contributed by atoms with Crippen LogP contribution in [0.5, 0.6) is 0 Å². The highest BCUT2D eigenvalue weighted by atomic mass is 16.4. The fraction of sp³-hybridized carbons (Fsp3) is 0.308. The molecule has 1 aliphatic rings. The molecule has 2 rings (SSSR count). The summed E-state index contributed by atoms with van der Waals surface area (Å²) in [4.78, 5) is 40.5. The van der Waals surface area contributed by atoms with Gasteiger partial charge in [-0.15, -0.1) is 0 Å². The molecule has 10 heteroatoms. The first-order valence-corrected chi connectivity index (χ1v) is 6.30. The Labute approximate surface area is 130 Å². The zero-order valence-corrected chi connectivity index (χ0v) is 11.9. The first-order valence-electron chi connectivity index (χ1n) is 6.30. The third-order valence-electron chi connectivity index (χ3n) is 2.49. The molecule has 10 nitrogen and oxygen atoms in total. The van der Waals surface area contributed by atoms with Crippen molar-refractivity contribution in [3.8, 4) is 0 Å². The Balaban J connectivity index is 0.000000349. The molecule has 0 spiro atoms. The molecular weight excluding hydrogens is 312 g/mol. The lowest BCUT2D eigenvalue weighted by Gasteiger charge is -2.01. The largest absolute Gasteiger partial charge is 0.473 e. The van der Waals surface area contributed by atoms with Gasteiger partial charge in [0.25, 0.3) is 0 Å². The number of aryl methyl sites for hydroxylation is 1. The number of carboxylic acids is 4. The van der Waals surface area contributed by atoms with Crippen molar-refractivity contribution < 1.29 is 39.6 Å². The van der Waals surface area contributed by atoms with Crippen LogP contribution in [0.1, 0.15) is 17.5 Å². The fourth-order valence-electron chi connectivity index (χ4n) is 1.49. The van der Waals surface area contributed by atoms with Crippen LogP contribution in [0.25, 0.3) is 0 Å². The molecular formula is C13H16N2O8. The highest BCUT2D eigenvalue weighted by molar-refractivity contribution is 6.27. The molecule has 0 saturated carbocycles. The number of hydrogen-bond acceptors (Lipinski definition) is 6. The van der Waals surface area contributed by atoms with E-state index in [0.29, 0.717) is 0 Å². The van der Waals surface area contributed by atoms with E-state index in [0.717, 1.165) is 13.1 Å². The van der Waals surface area contributed by atoms with Gasteiger partial charge in [-0.3, -0.25) is 4.98 Å². The van der Waals surface area contributed by atoms with Gasteiger partial charge in [0, 0.05) is 18.9 Å². The van der Waals surface area contributed by atoms with Crippen LogP contribution in [0.4, 0.5) is 0 Å². The third kappa shape index (κ3) is 9.52. The highest BCUT2D eigenvalue weighted by Crippen LogP contribution is 2.11. The van der Waals surface area contributed by atoms with Gasteiger partial charge in [-0.05, 0) is 36.6 Å². The number of hydrogen-bond donors (Lipinski definition) is 5. The number of fused-ring (bicyclic) bond motifs is 1. The zero-order valence-electron chi connectivity index (χ0n) is 11.9. The highest BCUT2D eigenvalue weighted by Gasteiger charge is 2.05. The van der Waals surface area contributed by atoms with Crippen LogP contribution < -0.4 is 5.32 Å². The molecule has 2 heterocycles. The molecule has 1 aromatic heterocycles. The van der Waals surface area contributed by atoms with Crippen LogP contribution in [0.3, 0.4) is 0 Å². The average molecular weight is 328 g/mol. The van der Waals surface area contributed by atoms with E-state index in [2.05, 4.69) is 16.4 Å². The van der Waals surface area contributed by atoms with E-state index >= 15 is 0 Å². The summed E-state index contributed by atoms with van der Waals surface area (Å²) in [5, 5.41) is 32.9. The van der Waals surface area contributed by atoms with E-state index in [9.17, 15) is 0 Å². The predicted molar refractivity (Wildman–Crippen MR) is 74.8 cm³/mol. The Morgan fingerprint density at radius 2 is 1.43 bits per heavy atom. The van der Waals surface area contributed by atoms with Crippen molar-refractivity contribution >= 4 is 23.9 Å². The standard InChI is InChI=1S/C9H12N2.2C2H2O4/c1-2-8-3-5-11-7-9(8)6-10-4-1;2*3-1(4)2(5)6/h3,5,7,10H,1-2,4,6H2;2*(H,3,4)(H,5,6). The average Bonchev–Trinajstić information content (AvgIpc) is 2.73. The molecule has 0 amide bonds. The van der Waals surface area contributed by atoms with Gasteiger partial charge >= 0.3 is 23.9 Å². The van der Waals surface area contributed by atoms with Gasteiger partial charge in [0.05, 0.1) is 0 Å². The van der Waals surface area contributed by atoms with Gasteiger partial charge in [0.2, 0.25) is 0 Å². The zero-order chi connectivity index (χ0) is 17.8. The van der Waals surface area contributed by atoms with Gasteiger partial charge in [0.1, 0.15) is 0 Å². The van der Waals surface area contributed by atoms with Gasteiger partial charge in [0.15, 0.2) is 0 Å². The summed E-state index contributed by atoms with van der Waals surface area (Å²) in [6, 6.07) is 2.13. The normalized spacial score (nSPS) is 12.0. The van der Waals surface area contributed by atoms with Crippen molar-refractivity contribution in [3.63, 3.8) is 0 Å². The number of aromatic nitrogens is 1. The fourth-order valence-corrected chi connectivity index (χ4v) is 1.49. The second kappa shape index (κ2) is 10.7. The molecule has 0 atom stereocenters. The third-order valence-corrected chi connectivity index (χ3v) is 2.49. The first kappa shape index (κ1) is 20.0. The molecule has 5 N–H and O–H groups in total. The molecule has 1 aromatic rings. The number of pyridine rings is 1. The summed E-state index contributed by atoms with van der Waals surface area (Å²) in [6.45, 7) is 2.12. The van der Waals surface area contributed by atoms with Crippen LogP contribution in [0, 0.1) is 0 Å². The van der Waals surface area contributed by atoms with Crippen LogP contribution in [-0.4, -0.2) is 55.8 Å². The van der Waals surface area contributed by atoms with E-state index in [1.807, 2.05) is 12.4 Å². The number of nitrogens with one attached hydrogen (secondary N) is 1. The second-order valence-electron chi connectivity index (χ2n) is 4.15. The molecule has 0 radical (unpaired) electrons. The SMILES string of the molecule is O=C(O)C(=O)O.O=C(O)C(=O)O.c1cc2c(cn1)CNCCC2. The van der Waals surface area contributed by atoms with Crippen LogP contribution in [0.2, 0.25) is 0 Å². The molecule has 1 aliphatic heterocycles. The Kier molecular flexibility index (Phi) is 9.28. The van der Waals surface area contributed by atoms with Gasteiger partial charge in [-0.2, -0.15) is 0 Å². The molecule has 0 aliphatic carbocycles. The first-order chi connectivity index (χ1) is 10.8. The summed E-state index contributed by atoms with van der Waals surface area (Å²) >= 11 is 0. The summed E-state index contributed by atoms with van der Waals surface area (Å²) < 4.78 is 0. The topological polar surface area (TPSA) is 174 Å². The summed E-state index contributed by atoms with van der Waals surface area (Å²) in [5.41, 5.74) is 2.83. The number of nitrogens with zero attached hydrogens (tertiary/aromatic N) is 1. The lowest BCUT2D eigenvalue weighted by atomic mass is 10.1. The van der Waals surface area contributed by atoms with Crippen molar-refractivity contribution in [2.75, 3.05) is 6.54 Å². The van der Waals surface area contributed by atoms with E-state index < -0.39 is 23.9 Å². The van der Waals surface area contributed by atoms with Gasteiger partial charge < -0.3 is 25.7 Å². The maximum Gasteiger partial charge on any atom is 0.414 e. The quantitative estimate of drug-likeness (QED) is 0.388. The molecule has 0 saturated heterocycles. The number of aliphatic carboxylic acids is 4. The smallest absolute Gasteiger partial charge is 0.414 e. The summed E-state index contributed by atoms with van der Waals surface area (Å²) in [7, 11) is 0. The second-order valence-corrected chi connectivity index (χ2v) is 4.15. The maximum absolute atomic E-state index is 9.10.